The molecule has 92 valence electrons. The van der Waals surface area contributed by atoms with Gasteiger partial charge in [-0.15, -0.1) is 0 Å². The molecule has 0 aromatic carbocycles. The third-order valence-corrected chi connectivity index (χ3v) is 3.74. The van der Waals surface area contributed by atoms with Gasteiger partial charge in [-0.05, 0) is 0 Å². The van der Waals surface area contributed by atoms with Crippen molar-refractivity contribution >= 4 is 5.78 Å². The molecule has 6 nitrogen and oxygen atoms in total. The number of carbonyl (C=O) groups is 1. The molecule has 0 N–H and O–H groups in total. The molecule has 0 amide bonds. The van der Waals surface area contributed by atoms with Gasteiger partial charge >= 0.3 is 0 Å². The quantitative estimate of drug-likeness (QED) is 0.654. The van der Waals surface area contributed by atoms with Crippen LogP contribution in [0.5, 0.6) is 0 Å². The zero-order valence-electron chi connectivity index (χ0n) is 9.92. The van der Waals surface area contributed by atoms with Gasteiger partial charge < -0.3 is 14.4 Å². The average molecular weight is 237 g/mol. The highest BCUT2D eigenvalue weighted by molar-refractivity contribution is 5.97. The fourth-order valence-electron chi connectivity index (χ4n) is 2.82. The Kier molecular flexibility index (Phi) is 2.31. The zero-order valence-corrected chi connectivity index (χ0v) is 9.92. The minimum Gasteiger partial charge on any atom is -0.371 e. The van der Waals surface area contributed by atoms with Gasteiger partial charge in [0.1, 0.15) is 6.04 Å². The van der Waals surface area contributed by atoms with Crippen molar-refractivity contribution in [2.45, 2.75) is 11.8 Å². The first kappa shape index (κ1) is 10.9. The summed E-state index contributed by atoms with van der Waals surface area (Å²) in [5, 5.41) is 7.98. The van der Waals surface area contributed by atoms with Crippen LogP contribution < -0.4 is 0 Å². The van der Waals surface area contributed by atoms with Crippen LogP contribution >= 0.6 is 0 Å². The van der Waals surface area contributed by atoms with Gasteiger partial charge in [0.25, 0.3) is 0 Å². The largest absolute Gasteiger partial charge is 0.371 e. The van der Waals surface area contributed by atoms with Gasteiger partial charge in [0.2, 0.25) is 5.79 Å². The van der Waals surface area contributed by atoms with Gasteiger partial charge in [-0.2, -0.15) is 10.2 Å². The summed E-state index contributed by atoms with van der Waals surface area (Å²) >= 11 is 0. The van der Waals surface area contributed by atoms with Gasteiger partial charge in [0.15, 0.2) is 5.78 Å². The van der Waals surface area contributed by atoms with Crippen LogP contribution in [-0.4, -0.2) is 56.4 Å². The molecule has 2 heterocycles. The lowest BCUT2D eigenvalue weighted by atomic mass is 9.80. The summed E-state index contributed by atoms with van der Waals surface area (Å²) in [5.74, 6) is -0.992. The number of ketones is 1. The third kappa shape index (κ3) is 1.31. The summed E-state index contributed by atoms with van der Waals surface area (Å²) in [4.78, 5) is 14.0. The molecule has 3 rings (SSSR count). The van der Waals surface area contributed by atoms with E-state index in [1.165, 1.54) is 0 Å². The van der Waals surface area contributed by atoms with E-state index in [-0.39, 0.29) is 11.7 Å². The molecule has 3 aliphatic rings. The molecular formula is C11H15N3O3. The molecule has 0 saturated carbocycles. The number of likely N-dealkylation sites (N-methyl/N-ethyl adjacent to an activating group) is 1. The maximum Gasteiger partial charge on any atom is 0.217 e. The number of ether oxygens (including phenoxy) is 2. The predicted octanol–water partition coefficient (Wildman–Crippen LogP) is 0.208. The van der Waals surface area contributed by atoms with Crippen LogP contribution in [0.15, 0.2) is 22.0 Å². The fourth-order valence-corrected chi connectivity index (χ4v) is 2.82. The van der Waals surface area contributed by atoms with Crippen LogP contribution in [-0.2, 0) is 14.3 Å². The Morgan fingerprint density at radius 3 is 3.24 bits per heavy atom. The van der Waals surface area contributed by atoms with E-state index in [2.05, 4.69) is 10.2 Å². The molecule has 1 aliphatic carbocycles. The second-order valence-corrected chi connectivity index (χ2v) is 4.56. The van der Waals surface area contributed by atoms with Crippen LogP contribution in [0.4, 0.5) is 0 Å². The highest BCUT2D eigenvalue weighted by Gasteiger charge is 2.57. The lowest BCUT2D eigenvalue weighted by Crippen LogP contribution is -2.60. The van der Waals surface area contributed by atoms with Crippen molar-refractivity contribution in [2.75, 3.05) is 33.9 Å². The molecule has 2 aliphatic heterocycles. The molecule has 0 aromatic rings. The smallest absolute Gasteiger partial charge is 0.217 e. The highest BCUT2D eigenvalue weighted by atomic mass is 16.7. The van der Waals surface area contributed by atoms with Crippen molar-refractivity contribution < 1.29 is 14.3 Å². The van der Waals surface area contributed by atoms with E-state index in [4.69, 9.17) is 9.47 Å². The van der Waals surface area contributed by atoms with Gasteiger partial charge in [-0.1, -0.05) is 0 Å². The lowest BCUT2D eigenvalue weighted by molar-refractivity contribution is -0.255. The van der Waals surface area contributed by atoms with Gasteiger partial charge in [0, 0.05) is 26.8 Å². The first-order chi connectivity index (χ1) is 8.19. The van der Waals surface area contributed by atoms with Crippen molar-refractivity contribution in [3.05, 3.63) is 11.8 Å². The molecule has 6 heteroatoms. The van der Waals surface area contributed by atoms with Gasteiger partial charge in [-0.25, -0.2) is 0 Å². The van der Waals surface area contributed by atoms with Crippen LogP contribution in [0.3, 0.4) is 0 Å². The molecule has 1 saturated heterocycles. The summed E-state index contributed by atoms with van der Waals surface area (Å²) in [6.45, 7) is 1.82. The number of methoxy groups -OCH3 is 1. The Bertz CT molecular complexity index is 420. The second-order valence-electron chi connectivity index (χ2n) is 4.56. The van der Waals surface area contributed by atoms with Gasteiger partial charge in [-0.3, -0.25) is 4.79 Å². The number of carbonyl (C=O) groups excluding carboxylic acids is 1. The highest BCUT2D eigenvalue weighted by Crippen LogP contribution is 2.43. The second kappa shape index (κ2) is 3.61. The number of morpholine rings is 1. The molecular weight excluding hydrogens is 222 g/mol. The van der Waals surface area contributed by atoms with Crippen molar-refractivity contribution in [3.8, 4) is 0 Å². The topological polar surface area (TPSA) is 63.5 Å². The summed E-state index contributed by atoms with van der Waals surface area (Å²) in [7, 11) is 3.55. The van der Waals surface area contributed by atoms with E-state index in [9.17, 15) is 4.79 Å². The van der Waals surface area contributed by atoms with E-state index in [1.54, 1.807) is 13.2 Å². The Labute approximate surface area is 99.3 Å². The normalized spacial score (nSPS) is 40.0. The fraction of sp³-hybridized carbons (Fsp3) is 0.727. The van der Waals surface area contributed by atoms with E-state index in [1.807, 2.05) is 11.9 Å². The first-order valence-electron chi connectivity index (χ1n) is 5.72. The van der Waals surface area contributed by atoms with Crippen LogP contribution in [0.1, 0.15) is 0 Å². The molecule has 0 bridgehead atoms. The van der Waals surface area contributed by atoms with E-state index < -0.39 is 11.8 Å². The van der Waals surface area contributed by atoms with E-state index in [0.29, 0.717) is 13.2 Å². The van der Waals surface area contributed by atoms with Crippen molar-refractivity contribution in [1.82, 2.24) is 4.90 Å². The summed E-state index contributed by atoms with van der Waals surface area (Å²) in [6, 6.07) is -0.440. The Morgan fingerprint density at radius 2 is 2.47 bits per heavy atom. The number of hydrogen-bond acceptors (Lipinski definition) is 6. The maximum atomic E-state index is 12.0. The minimum absolute atomic E-state index is 0.00345. The monoisotopic (exact) mass is 237 g/mol. The minimum atomic E-state index is -0.852. The number of rotatable bonds is 1. The van der Waals surface area contributed by atoms with Crippen LogP contribution in [0, 0.1) is 5.92 Å². The van der Waals surface area contributed by atoms with E-state index in [0.717, 1.165) is 12.2 Å². The molecule has 3 unspecified atom stereocenters. The molecule has 3 atom stereocenters. The first-order valence-corrected chi connectivity index (χ1v) is 5.72. The Balaban J connectivity index is 2.10. The Morgan fingerprint density at radius 1 is 1.65 bits per heavy atom. The third-order valence-electron chi connectivity index (χ3n) is 3.74. The average Bonchev–Trinajstić information content (AvgIpc) is 2.81. The summed E-state index contributed by atoms with van der Waals surface area (Å²) in [6.07, 6.45) is 1.59. The predicted molar refractivity (Wildman–Crippen MR) is 58.4 cm³/mol. The maximum absolute atomic E-state index is 12.0. The van der Waals surface area contributed by atoms with Crippen LogP contribution in [0.2, 0.25) is 0 Å². The molecule has 1 fully saturated rings. The molecule has 17 heavy (non-hydrogen) atoms. The SMILES string of the molecule is COC12OCCN(C)C1=CC(=O)C1N=NCC12. The summed E-state index contributed by atoms with van der Waals surface area (Å²) < 4.78 is 11.5. The Hall–Kier alpha value is -1.27. The van der Waals surface area contributed by atoms with Gasteiger partial charge in [0.05, 0.1) is 24.8 Å². The van der Waals surface area contributed by atoms with Crippen molar-refractivity contribution in [2.24, 2.45) is 16.1 Å². The summed E-state index contributed by atoms with van der Waals surface area (Å²) in [5.41, 5.74) is 0.796. The number of hydrogen-bond donors (Lipinski definition) is 0. The zero-order chi connectivity index (χ0) is 12.0. The lowest BCUT2D eigenvalue weighted by Gasteiger charge is -2.48. The molecule has 0 spiro atoms. The standard InChI is InChI=1S/C11H15N3O3/c1-14-3-4-17-11(16-2)7-6-12-13-10(7)8(15)5-9(11)14/h5,7,10H,3-4,6H2,1-2H3. The van der Waals surface area contributed by atoms with Crippen LogP contribution in [0.25, 0.3) is 0 Å². The number of azo groups is 1. The number of fused-ring (bicyclic) bond motifs is 3. The van der Waals surface area contributed by atoms with Crippen molar-refractivity contribution in [3.63, 3.8) is 0 Å². The molecule has 0 radical (unpaired) electrons. The molecule has 0 aromatic heterocycles. The number of nitrogens with zero attached hydrogens (tertiary/aromatic N) is 3. The van der Waals surface area contributed by atoms with Crippen molar-refractivity contribution in [1.29, 1.82) is 0 Å². The van der Waals surface area contributed by atoms with E-state index >= 15 is 0 Å².